The van der Waals surface area contributed by atoms with E-state index in [4.69, 9.17) is 4.74 Å². The van der Waals surface area contributed by atoms with E-state index in [9.17, 15) is 4.79 Å². The van der Waals surface area contributed by atoms with E-state index in [1.54, 1.807) is 0 Å². The molecule has 19 heavy (non-hydrogen) atoms. The Labute approximate surface area is 116 Å². The molecule has 2 fully saturated rings. The molecule has 0 aromatic carbocycles. The monoisotopic (exact) mass is 268 g/mol. The molecule has 4 nitrogen and oxygen atoms in total. The largest absolute Gasteiger partial charge is 0.465 e. The summed E-state index contributed by atoms with van der Waals surface area (Å²) in [7, 11) is 0. The van der Waals surface area contributed by atoms with Crippen molar-refractivity contribution in [2.24, 2.45) is 5.92 Å². The smallest absolute Gasteiger partial charge is 0.326 e. The summed E-state index contributed by atoms with van der Waals surface area (Å²) in [5.74, 6) is 0.755. The average molecular weight is 268 g/mol. The van der Waals surface area contributed by atoms with Gasteiger partial charge < -0.3 is 15.0 Å². The number of carbonyl (C=O) groups is 1. The van der Waals surface area contributed by atoms with E-state index < -0.39 is 5.54 Å². The van der Waals surface area contributed by atoms with Crippen LogP contribution in [0.4, 0.5) is 0 Å². The molecule has 1 saturated carbocycles. The molecule has 0 amide bonds. The highest BCUT2D eigenvalue weighted by atomic mass is 16.5. The Morgan fingerprint density at radius 2 is 2.11 bits per heavy atom. The van der Waals surface area contributed by atoms with E-state index in [-0.39, 0.29) is 5.97 Å². The normalized spacial score (nSPS) is 28.9. The molecule has 0 bridgehead atoms. The molecule has 1 unspecified atom stereocenters. The number of rotatable bonds is 6. The van der Waals surface area contributed by atoms with Gasteiger partial charge in [-0.2, -0.15) is 0 Å². The summed E-state index contributed by atoms with van der Waals surface area (Å²) in [5.41, 5.74) is -0.428. The quantitative estimate of drug-likeness (QED) is 0.746. The van der Waals surface area contributed by atoms with Crippen molar-refractivity contribution in [3.05, 3.63) is 0 Å². The number of carbonyl (C=O) groups excluding carboxylic acids is 1. The maximum absolute atomic E-state index is 12.4. The van der Waals surface area contributed by atoms with E-state index in [0.29, 0.717) is 6.61 Å². The summed E-state index contributed by atoms with van der Waals surface area (Å²) in [4.78, 5) is 14.8. The first kappa shape index (κ1) is 14.8. The summed E-state index contributed by atoms with van der Waals surface area (Å²) >= 11 is 0. The topological polar surface area (TPSA) is 41.6 Å². The van der Waals surface area contributed by atoms with Crippen molar-refractivity contribution in [3.8, 4) is 0 Å². The lowest BCUT2D eigenvalue weighted by Gasteiger charge is -2.31. The molecular formula is C15H28N2O2. The molecule has 0 aromatic heterocycles. The minimum Gasteiger partial charge on any atom is -0.465 e. The van der Waals surface area contributed by atoms with Crippen LogP contribution in [-0.4, -0.2) is 49.2 Å². The van der Waals surface area contributed by atoms with Crippen molar-refractivity contribution < 1.29 is 9.53 Å². The zero-order valence-electron chi connectivity index (χ0n) is 12.4. The van der Waals surface area contributed by atoms with Crippen LogP contribution in [-0.2, 0) is 9.53 Å². The van der Waals surface area contributed by atoms with Crippen molar-refractivity contribution in [1.82, 2.24) is 10.2 Å². The second-order valence-corrected chi connectivity index (χ2v) is 5.91. The predicted molar refractivity (Wildman–Crippen MR) is 76.1 cm³/mol. The number of hydrogen-bond acceptors (Lipinski definition) is 4. The summed E-state index contributed by atoms with van der Waals surface area (Å²) in [6, 6.07) is 0. The fourth-order valence-electron chi connectivity index (χ4n) is 2.89. The van der Waals surface area contributed by atoms with Crippen molar-refractivity contribution >= 4 is 5.97 Å². The van der Waals surface area contributed by atoms with Crippen LogP contribution in [0.3, 0.4) is 0 Å². The van der Waals surface area contributed by atoms with Crippen LogP contribution in [0.15, 0.2) is 0 Å². The SMILES string of the molecule is CCOC(=O)C1(NCC2CC2)CCCN(CC)CC1. The lowest BCUT2D eigenvalue weighted by atomic mass is 9.90. The molecule has 0 spiro atoms. The molecule has 2 rings (SSSR count). The third kappa shape index (κ3) is 3.93. The van der Waals surface area contributed by atoms with Gasteiger partial charge in [0, 0.05) is 6.54 Å². The van der Waals surface area contributed by atoms with Crippen LogP contribution in [0, 0.1) is 5.92 Å². The van der Waals surface area contributed by atoms with Crippen LogP contribution in [0.1, 0.15) is 46.0 Å². The first-order chi connectivity index (χ1) is 9.20. The molecule has 1 N–H and O–H groups in total. The van der Waals surface area contributed by atoms with Crippen molar-refractivity contribution in [1.29, 1.82) is 0 Å². The van der Waals surface area contributed by atoms with Crippen LogP contribution in [0.2, 0.25) is 0 Å². The minimum absolute atomic E-state index is 0.0337. The van der Waals surface area contributed by atoms with Gasteiger partial charge in [0.25, 0.3) is 0 Å². The summed E-state index contributed by atoms with van der Waals surface area (Å²) in [5, 5.41) is 3.57. The van der Waals surface area contributed by atoms with Gasteiger partial charge in [-0.1, -0.05) is 6.92 Å². The van der Waals surface area contributed by atoms with Gasteiger partial charge in [-0.05, 0) is 64.6 Å². The van der Waals surface area contributed by atoms with Crippen LogP contribution in [0.25, 0.3) is 0 Å². The molecule has 1 heterocycles. The Bertz CT molecular complexity index is 305. The zero-order valence-corrected chi connectivity index (χ0v) is 12.4. The number of likely N-dealkylation sites (tertiary alicyclic amines) is 1. The van der Waals surface area contributed by atoms with Crippen molar-refractivity contribution in [3.63, 3.8) is 0 Å². The van der Waals surface area contributed by atoms with Crippen LogP contribution >= 0.6 is 0 Å². The maximum atomic E-state index is 12.4. The number of hydrogen-bond donors (Lipinski definition) is 1. The van der Waals surface area contributed by atoms with E-state index in [0.717, 1.165) is 51.4 Å². The molecule has 0 aromatic rings. The first-order valence-corrected chi connectivity index (χ1v) is 7.85. The van der Waals surface area contributed by atoms with Gasteiger partial charge in [0.1, 0.15) is 5.54 Å². The molecule has 2 aliphatic rings. The number of esters is 1. The Hall–Kier alpha value is -0.610. The minimum atomic E-state index is -0.428. The summed E-state index contributed by atoms with van der Waals surface area (Å²) in [6.07, 6.45) is 5.49. The highest BCUT2D eigenvalue weighted by molar-refractivity contribution is 5.81. The summed E-state index contributed by atoms with van der Waals surface area (Å²) < 4.78 is 5.34. The highest BCUT2D eigenvalue weighted by Gasteiger charge is 2.41. The molecule has 1 aliphatic carbocycles. The van der Waals surface area contributed by atoms with Crippen molar-refractivity contribution in [2.75, 3.05) is 32.8 Å². The van der Waals surface area contributed by atoms with Gasteiger partial charge in [0.05, 0.1) is 6.61 Å². The lowest BCUT2D eigenvalue weighted by Crippen LogP contribution is -2.54. The van der Waals surface area contributed by atoms with Gasteiger partial charge >= 0.3 is 5.97 Å². The van der Waals surface area contributed by atoms with E-state index in [1.165, 1.54) is 12.8 Å². The standard InChI is InChI=1S/C15H28N2O2/c1-3-17-10-5-8-15(9-11-17,14(18)19-4-2)16-12-13-6-7-13/h13,16H,3-12H2,1-2H3. The highest BCUT2D eigenvalue weighted by Crippen LogP contribution is 2.30. The Morgan fingerprint density at radius 3 is 2.74 bits per heavy atom. The molecule has 0 radical (unpaired) electrons. The zero-order chi connectivity index (χ0) is 13.7. The third-order valence-electron chi connectivity index (χ3n) is 4.47. The Kier molecular flexibility index (Phi) is 5.22. The molecule has 1 atom stereocenters. The Balaban J connectivity index is 2.00. The second-order valence-electron chi connectivity index (χ2n) is 5.91. The lowest BCUT2D eigenvalue weighted by molar-refractivity contribution is -0.152. The van der Waals surface area contributed by atoms with Gasteiger partial charge in [0.15, 0.2) is 0 Å². The van der Waals surface area contributed by atoms with Crippen LogP contribution < -0.4 is 5.32 Å². The fraction of sp³-hybridized carbons (Fsp3) is 0.933. The number of nitrogens with one attached hydrogen (secondary N) is 1. The summed E-state index contributed by atoms with van der Waals surface area (Å²) in [6.45, 7) is 8.70. The van der Waals surface area contributed by atoms with Gasteiger partial charge in [-0.3, -0.25) is 4.79 Å². The third-order valence-corrected chi connectivity index (χ3v) is 4.47. The number of nitrogens with zero attached hydrogens (tertiary/aromatic N) is 1. The molecule has 1 saturated heterocycles. The average Bonchev–Trinajstić information content (AvgIpc) is 3.24. The maximum Gasteiger partial charge on any atom is 0.326 e. The van der Waals surface area contributed by atoms with Crippen molar-refractivity contribution in [2.45, 2.75) is 51.5 Å². The molecule has 110 valence electrons. The first-order valence-electron chi connectivity index (χ1n) is 7.85. The second kappa shape index (κ2) is 6.71. The van der Waals surface area contributed by atoms with Crippen LogP contribution in [0.5, 0.6) is 0 Å². The van der Waals surface area contributed by atoms with Gasteiger partial charge in [-0.25, -0.2) is 0 Å². The Morgan fingerprint density at radius 1 is 1.32 bits per heavy atom. The van der Waals surface area contributed by atoms with E-state index in [1.807, 2.05) is 6.92 Å². The van der Waals surface area contributed by atoms with Gasteiger partial charge in [-0.15, -0.1) is 0 Å². The van der Waals surface area contributed by atoms with E-state index >= 15 is 0 Å². The number of ether oxygens (including phenoxy) is 1. The molecule has 4 heteroatoms. The predicted octanol–water partition coefficient (Wildman–Crippen LogP) is 1.79. The van der Waals surface area contributed by atoms with Gasteiger partial charge in [0.2, 0.25) is 0 Å². The van der Waals surface area contributed by atoms with E-state index in [2.05, 4.69) is 17.1 Å². The molecular weight excluding hydrogens is 240 g/mol. The fourth-order valence-corrected chi connectivity index (χ4v) is 2.89. The molecule has 1 aliphatic heterocycles.